The van der Waals surface area contributed by atoms with E-state index in [1.165, 1.54) is 11.1 Å². The van der Waals surface area contributed by atoms with Crippen molar-refractivity contribution in [1.29, 1.82) is 0 Å². The Hall–Kier alpha value is -1.35. The molecular formula is C12H13ClN2O. The Morgan fingerprint density at radius 3 is 2.69 bits per heavy atom. The largest absolute Gasteiger partial charge is 0.423 e. The average molecular weight is 237 g/mol. The van der Waals surface area contributed by atoms with Crippen molar-refractivity contribution < 1.29 is 4.42 Å². The highest BCUT2D eigenvalue weighted by atomic mass is 35.5. The van der Waals surface area contributed by atoms with Crippen LogP contribution in [0.3, 0.4) is 0 Å². The van der Waals surface area contributed by atoms with Crippen molar-refractivity contribution in [2.24, 2.45) is 0 Å². The molecule has 0 saturated heterocycles. The zero-order chi connectivity index (χ0) is 11.5. The van der Waals surface area contributed by atoms with E-state index >= 15 is 0 Å². The lowest BCUT2D eigenvalue weighted by Gasteiger charge is -2.01. The summed E-state index contributed by atoms with van der Waals surface area (Å²) in [6.07, 6.45) is 0.656. The molecule has 0 bridgehead atoms. The number of nitrogens with zero attached hydrogens (tertiary/aromatic N) is 2. The summed E-state index contributed by atoms with van der Waals surface area (Å²) in [7, 11) is 0. The van der Waals surface area contributed by atoms with Gasteiger partial charge in [0, 0.05) is 0 Å². The van der Waals surface area contributed by atoms with E-state index in [-0.39, 0.29) is 5.38 Å². The molecule has 0 spiro atoms. The molecule has 16 heavy (non-hydrogen) atoms. The topological polar surface area (TPSA) is 38.9 Å². The fourth-order valence-corrected chi connectivity index (χ4v) is 1.56. The molecule has 0 fully saturated rings. The number of benzene rings is 1. The average Bonchev–Trinajstić information content (AvgIpc) is 2.70. The van der Waals surface area contributed by atoms with E-state index in [1.807, 2.05) is 19.1 Å². The molecule has 0 amide bonds. The molecule has 0 N–H and O–H groups in total. The summed E-state index contributed by atoms with van der Waals surface area (Å²) >= 11 is 5.85. The van der Waals surface area contributed by atoms with Crippen LogP contribution in [0, 0.1) is 6.92 Å². The number of aromatic nitrogens is 2. The second-order valence-corrected chi connectivity index (χ2v) is 4.41. The van der Waals surface area contributed by atoms with Gasteiger partial charge in [0.25, 0.3) is 0 Å². The zero-order valence-corrected chi connectivity index (χ0v) is 10.0. The van der Waals surface area contributed by atoms with Crippen LogP contribution in [0.1, 0.15) is 35.2 Å². The fraction of sp³-hybridized carbons (Fsp3) is 0.333. The summed E-state index contributed by atoms with van der Waals surface area (Å²) < 4.78 is 5.45. The van der Waals surface area contributed by atoms with Gasteiger partial charge >= 0.3 is 0 Å². The molecule has 2 rings (SSSR count). The lowest BCUT2D eigenvalue weighted by Crippen LogP contribution is -1.91. The maximum atomic E-state index is 5.85. The molecule has 2 aromatic rings. The van der Waals surface area contributed by atoms with Crippen molar-refractivity contribution in [3.63, 3.8) is 0 Å². The van der Waals surface area contributed by atoms with Crippen LogP contribution < -0.4 is 0 Å². The van der Waals surface area contributed by atoms with Crippen molar-refractivity contribution >= 4 is 11.6 Å². The van der Waals surface area contributed by atoms with Gasteiger partial charge in [-0.05, 0) is 25.0 Å². The number of rotatable bonds is 3. The second kappa shape index (κ2) is 4.66. The molecule has 4 heteroatoms. The zero-order valence-electron chi connectivity index (χ0n) is 9.27. The maximum Gasteiger partial charge on any atom is 0.234 e. The molecule has 84 valence electrons. The van der Waals surface area contributed by atoms with Crippen LogP contribution in [0.4, 0.5) is 0 Å². The van der Waals surface area contributed by atoms with Crippen LogP contribution in [0.25, 0.3) is 0 Å². The van der Waals surface area contributed by atoms with E-state index < -0.39 is 0 Å². The molecule has 1 unspecified atom stereocenters. The van der Waals surface area contributed by atoms with Gasteiger partial charge in [-0.2, -0.15) is 0 Å². The highest BCUT2D eigenvalue weighted by Crippen LogP contribution is 2.19. The maximum absolute atomic E-state index is 5.85. The summed E-state index contributed by atoms with van der Waals surface area (Å²) in [4.78, 5) is 0. The number of alkyl halides is 1. The van der Waals surface area contributed by atoms with Gasteiger partial charge in [-0.1, -0.05) is 24.3 Å². The Morgan fingerprint density at radius 2 is 2.06 bits per heavy atom. The van der Waals surface area contributed by atoms with Gasteiger partial charge in [-0.25, -0.2) is 0 Å². The van der Waals surface area contributed by atoms with Gasteiger partial charge in [0.05, 0.1) is 6.42 Å². The van der Waals surface area contributed by atoms with E-state index in [0.717, 1.165) is 0 Å². The van der Waals surface area contributed by atoms with E-state index in [2.05, 4.69) is 29.3 Å². The number of hydrogen-bond donors (Lipinski definition) is 0. The Morgan fingerprint density at radius 1 is 1.31 bits per heavy atom. The molecular weight excluding hydrogens is 224 g/mol. The fourth-order valence-electron chi connectivity index (χ4n) is 1.47. The minimum Gasteiger partial charge on any atom is -0.423 e. The van der Waals surface area contributed by atoms with Gasteiger partial charge < -0.3 is 4.42 Å². The first-order valence-electron chi connectivity index (χ1n) is 5.17. The third kappa shape index (κ3) is 2.42. The first kappa shape index (κ1) is 11.1. The van der Waals surface area contributed by atoms with Gasteiger partial charge in [-0.3, -0.25) is 0 Å². The first-order chi connectivity index (χ1) is 7.66. The number of halogens is 1. The highest BCUT2D eigenvalue weighted by Gasteiger charge is 2.11. The molecule has 1 aromatic heterocycles. The normalized spacial score (nSPS) is 12.7. The third-order valence-corrected chi connectivity index (χ3v) is 2.61. The minimum absolute atomic E-state index is 0.238. The molecule has 1 aromatic carbocycles. The van der Waals surface area contributed by atoms with Crippen LogP contribution in [0.2, 0.25) is 0 Å². The monoisotopic (exact) mass is 236 g/mol. The van der Waals surface area contributed by atoms with Crippen LogP contribution >= 0.6 is 11.6 Å². The Labute approximate surface area is 99.5 Å². The summed E-state index contributed by atoms with van der Waals surface area (Å²) in [5.74, 6) is 1.09. The van der Waals surface area contributed by atoms with E-state index in [9.17, 15) is 0 Å². The number of hydrogen-bond acceptors (Lipinski definition) is 3. The molecule has 0 saturated carbocycles. The lowest BCUT2D eigenvalue weighted by atomic mass is 10.1. The van der Waals surface area contributed by atoms with Crippen LogP contribution in [0.5, 0.6) is 0 Å². The lowest BCUT2D eigenvalue weighted by molar-refractivity contribution is 0.458. The van der Waals surface area contributed by atoms with Crippen molar-refractivity contribution in [1.82, 2.24) is 10.2 Å². The Kier molecular flexibility index (Phi) is 3.25. The second-order valence-electron chi connectivity index (χ2n) is 3.75. The SMILES string of the molecule is Cc1ccccc1Cc1nnc(C(C)Cl)o1. The predicted molar refractivity (Wildman–Crippen MR) is 62.6 cm³/mol. The minimum atomic E-state index is -0.238. The van der Waals surface area contributed by atoms with Gasteiger partial charge in [0.15, 0.2) is 0 Å². The van der Waals surface area contributed by atoms with Crippen LogP contribution in [-0.4, -0.2) is 10.2 Å². The summed E-state index contributed by atoms with van der Waals surface area (Å²) in [6.45, 7) is 3.88. The Bertz CT molecular complexity index is 479. The first-order valence-corrected chi connectivity index (χ1v) is 5.61. The van der Waals surface area contributed by atoms with Gasteiger partial charge in [-0.15, -0.1) is 21.8 Å². The Balaban J connectivity index is 2.18. The molecule has 0 radical (unpaired) electrons. The molecule has 0 aliphatic heterocycles. The van der Waals surface area contributed by atoms with E-state index in [0.29, 0.717) is 18.2 Å². The van der Waals surface area contributed by atoms with Crippen molar-refractivity contribution in [3.05, 3.63) is 47.2 Å². The third-order valence-electron chi connectivity index (χ3n) is 2.43. The van der Waals surface area contributed by atoms with E-state index in [4.69, 9.17) is 16.0 Å². The van der Waals surface area contributed by atoms with Crippen LogP contribution in [-0.2, 0) is 6.42 Å². The van der Waals surface area contributed by atoms with Gasteiger partial charge in [0.1, 0.15) is 5.38 Å². The molecule has 1 atom stereocenters. The van der Waals surface area contributed by atoms with Crippen molar-refractivity contribution in [3.8, 4) is 0 Å². The van der Waals surface area contributed by atoms with Gasteiger partial charge in [0.2, 0.25) is 11.8 Å². The smallest absolute Gasteiger partial charge is 0.234 e. The predicted octanol–water partition coefficient (Wildman–Crippen LogP) is 3.27. The van der Waals surface area contributed by atoms with Crippen LogP contribution in [0.15, 0.2) is 28.7 Å². The van der Waals surface area contributed by atoms with Crippen molar-refractivity contribution in [2.75, 3.05) is 0 Å². The molecule has 0 aliphatic rings. The number of aryl methyl sites for hydroxylation is 1. The van der Waals surface area contributed by atoms with E-state index in [1.54, 1.807) is 0 Å². The summed E-state index contributed by atoms with van der Waals surface area (Å²) in [5.41, 5.74) is 2.42. The highest BCUT2D eigenvalue weighted by molar-refractivity contribution is 6.20. The quantitative estimate of drug-likeness (QED) is 0.768. The molecule has 1 heterocycles. The summed E-state index contributed by atoms with van der Waals surface area (Å²) in [5, 5.41) is 7.63. The van der Waals surface area contributed by atoms with Crippen molar-refractivity contribution in [2.45, 2.75) is 25.6 Å². The summed E-state index contributed by atoms with van der Waals surface area (Å²) in [6, 6.07) is 8.14. The molecule has 3 nitrogen and oxygen atoms in total. The standard InChI is InChI=1S/C12H13ClN2O/c1-8-5-3-4-6-10(8)7-11-14-15-12(16-11)9(2)13/h3-6,9H,7H2,1-2H3. The molecule has 0 aliphatic carbocycles.